The van der Waals surface area contributed by atoms with E-state index < -0.39 is 0 Å². The molecule has 2 rings (SSSR count). The Labute approximate surface area is 111 Å². The van der Waals surface area contributed by atoms with Crippen molar-refractivity contribution in [2.45, 2.75) is 13.0 Å². The largest absolute Gasteiger partial charge is 0.337 e. The topological polar surface area (TPSA) is 17.8 Å². The molecule has 2 nitrogen and oxygen atoms in total. The maximum Gasteiger partial charge on any atom is 0.0946 e. The maximum absolute atomic E-state index is 5.97. The van der Waals surface area contributed by atoms with Gasteiger partial charge in [0.15, 0.2) is 0 Å². The Bertz CT molecular complexity index is 518. The highest BCUT2D eigenvalue weighted by molar-refractivity contribution is 6.42. The molecule has 0 aliphatic carbocycles. The van der Waals surface area contributed by atoms with Crippen LogP contribution in [0.2, 0.25) is 10.0 Å². The monoisotopic (exact) mass is 266 g/mol. The van der Waals surface area contributed by atoms with Gasteiger partial charge in [0.1, 0.15) is 0 Å². The summed E-state index contributed by atoms with van der Waals surface area (Å²) in [4.78, 5) is 3.99. The lowest BCUT2D eigenvalue weighted by molar-refractivity contribution is 0.717. The van der Waals surface area contributed by atoms with Crippen LogP contribution in [0.1, 0.15) is 12.0 Å². The normalized spacial score (nSPS) is 10.5. The summed E-state index contributed by atoms with van der Waals surface area (Å²) in [6.45, 7) is 4.92. The molecule has 1 aromatic heterocycles. The number of imidazole rings is 1. The van der Waals surface area contributed by atoms with E-state index in [1.165, 1.54) is 0 Å². The zero-order valence-corrected chi connectivity index (χ0v) is 10.7. The second kappa shape index (κ2) is 5.39. The number of benzene rings is 1. The van der Waals surface area contributed by atoms with Gasteiger partial charge in [-0.2, -0.15) is 0 Å². The molecule has 88 valence electrons. The SMILES string of the molecule is C=C(CCn1ccnc1)c1ccc(Cl)c(Cl)c1. The minimum atomic E-state index is 0.563. The summed E-state index contributed by atoms with van der Waals surface area (Å²) in [6, 6.07) is 5.58. The van der Waals surface area contributed by atoms with Crippen molar-refractivity contribution in [3.63, 3.8) is 0 Å². The third kappa shape index (κ3) is 3.11. The van der Waals surface area contributed by atoms with Crippen molar-refractivity contribution in [3.8, 4) is 0 Å². The van der Waals surface area contributed by atoms with Gasteiger partial charge in [-0.25, -0.2) is 4.98 Å². The lowest BCUT2D eigenvalue weighted by atomic mass is 10.0. The van der Waals surface area contributed by atoms with E-state index in [0.29, 0.717) is 10.0 Å². The van der Waals surface area contributed by atoms with Crippen LogP contribution in [-0.2, 0) is 6.54 Å². The molecule has 0 radical (unpaired) electrons. The van der Waals surface area contributed by atoms with E-state index >= 15 is 0 Å². The highest BCUT2D eigenvalue weighted by Gasteiger charge is 2.03. The van der Waals surface area contributed by atoms with E-state index in [2.05, 4.69) is 11.6 Å². The minimum Gasteiger partial charge on any atom is -0.337 e. The number of allylic oxidation sites excluding steroid dienone is 1. The van der Waals surface area contributed by atoms with Gasteiger partial charge in [0, 0.05) is 18.9 Å². The molecule has 0 N–H and O–H groups in total. The predicted molar refractivity (Wildman–Crippen MR) is 72.3 cm³/mol. The molecule has 0 bridgehead atoms. The molecule has 0 saturated carbocycles. The Morgan fingerprint density at radius 3 is 2.76 bits per heavy atom. The number of rotatable bonds is 4. The van der Waals surface area contributed by atoms with Gasteiger partial charge in [0.2, 0.25) is 0 Å². The average molecular weight is 267 g/mol. The average Bonchev–Trinajstić information content (AvgIpc) is 2.82. The molecular formula is C13H12Cl2N2. The summed E-state index contributed by atoms with van der Waals surface area (Å²) in [7, 11) is 0. The molecular weight excluding hydrogens is 255 g/mol. The lowest BCUT2D eigenvalue weighted by Gasteiger charge is -2.07. The molecule has 0 unspecified atom stereocenters. The fourth-order valence-corrected chi connectivity index (χ4v) is 1.84. The van der Waals surface area contributed by atoms with Crippen LogP contribution in [0.5, 0.6) is 0 Å². The lowest BCUT2D eigenvalue weighted by Crippen LogP contribution is -1.95. The van der Waals surface area contributed by atoms with Crippen LogP contribution >= 0.6 is 23.2 Å². The third-order valence-corrected chi connectivity index (χ3v) is 3.30. The molecule has 1 heterocycles. The zero-order valence-electron chi connectivity index (χ0n) is 9.24. The number of aryl methyl sites for hydroxylation is 1. The smallest absolute Gasteiger partial charge is 0.0946 e. The summed E-state index contributed by atoms with van der Waals surface area (Å²) in [5.74, 6) is 0. The van der Waals surface area contributed by atoms with Gasteiger partial charge in [0.05, 0.1) is 16.4 Å². The Balaban J connectivity index is 2.02. The highest BCUT2D eigenvalue weighted by Crippen LogP contribution is 2.26. The van der Waals surface area contributed by atoms with E-state index in [1.54, 1.807) is 18.6 Å². The first-order valence-electron chi connectivity index (χ1n) is 5.26. The van der Waals surface area contributed by atoms with Gasteiger partial charge < -0.3 is 4.57 Å². The fraction of sp³-hybridized carbons (Fsp3) is 0.154. The van der Waals surface area contributed by atoms with Gasteiger partial charge >= 0.3 is 0 Å². The summed E-state index contributed by atoms with van der Waals surface area (Å²) < 4.78 is 2.02. The second-order valence-corrected chi connectivity index (χ2v) is 4.60. The zero-order chi connectivity index (χ0) is 12.3. The third-order valence-electron chi connectivity index (χ3n) is 2.56. The fourth-order valence-electron chi connectivity index (χ4n) is 1.54. The van der Waals surface area contributed by atoms with Crippen molar-refractivity contribution in [1.29, 1.82) is 0 Å². The first kappa shape index (κ1) is 12.2. The molecule has 0 aliphatic rings. The van der Waals surface area contributed by atoms with Crippen molar-refractivity contribution in [2.75, 3.05) is 0 Å². The van der Waals surface area contributed by atoms with Gasteiger partial charge in [-0.1, -0.05) is 35.8 Å². The van der Waals surface area contributed by atoms with Gasteiger partial charge in [-0.05, 0) is 29.7 Å². The molecule has 0 atom stereocenters. The maximum atomic E-state index is 5.97. The number of aromatic nitrogens is 2. The quantitative estimate of drug-likeness (QED) is 0.807. The Kier molecular flexibility index (Phi) is 3.87. The van der Waals surface area contributed by atoms with Crippen LogP contribution in [0.15, 0.2) is 43.5 Å². The van der Waals surface area contributed by atoms with Gasteiger partial charge in [0.25, 0.3) is 0 Å². The number of hydrogen-bond acceptors (Lipinski definition) is 1. The van der Waals surface area contributed by atoms with Crippen LogP contribution in [0, 0.1) is 0 Å². The molecule has 0 spiro atoms. The van der Waals surface area contributed by atoms with Crippen LogP contribution in [0.4, 0.5) is 0 Å². The van der Waals surface area contributed by atoms with E-state index in [4.69, 9.17) is 23.2 Å². The summed E-state index contributed by atoms with van der Waals surface area (Å²) in [5, 5.41) is 1.13. The van der Waals surface area contributed by atoms with Crippen LogP contribution in [-0.4, -0.2) is 9.55 Å². The Hall–Kier alpha value is -1.25. The second-order valence-electron chi connectivity index (χ2n) is 3.78. The van der Waals surface area contributed by atoms with E-state index in [-0.39, 0.29) is 0 Å². The van der Waals surface area contributed by atoms with Crippen molar-refractivity contribution < 1.29 is 0 Å². The molecule has 0 fully saturated rings. The molecule has 2 aromatic rings. The van der Waals surface area contributed by atoms with Gasteiger partial charge in [-0.15, -0.1) is 0 Å². The minimum absolute atomic E-state index is 0.563. The molecule has 4 heteroatoms. The summed E-state index contributed by atoms with van der Waals surface area (Å²) >= 11 is 11.8. The molecule has 0 aliphatic heterocycles. The predicted octanol–water partition coefficient (Wildman–Crippen LogP) is 4.29. The number of nitrogens with zero attached hydrogens (tertiary/aromatic N) is 2. The van der Waals surface area contributed by atoms with Crippen molar-refractivity contribution in [1.82, 2.24) is 9.55 Å². The molecule has 0 amide bonds. The Morgan fingerprint density at radius 1 is 1.29 bits per heavy atom. The molecule has 17 heavy (non-hydrogen) atoms. The van der Waals surface area contributed by atoms with Crippen molar-refractivity contribution in [3.05, 3.63) is 59.1 Å². The highest BCUT2D eigenvalue weighted by atomic mass is 35.5. The van der Waals surface area contributed by atoms with Crippen LogP contribution < -0.4 is 0 Å². The van der Waals surface area contributed by atoms with E-state index in [0.717, 1.165) is 24.1 Å². The number of halogens is 2. The van der Waals surface area contributed by atoms with Crippen LogP contribution in [0.3, 0.4) is 0 Å². The van der Waals surface area contributed by atoms with Crippen molar-refractivity contribution in [2.24, 2.45) is 0 Å². The Morgan fingerprint density at radius 2 is 2.12 bits per heavy atom. The summed E-state index contributed by atoms with van der Waals surface area (Å²) in [6.07, 6.45) is 6.35. The van der Waals surface area contributed by atoms with E-state index in [1.807, 2.05) is 22.9 Å². The standard InChI is InChI=1S/C13H12Cl2N2/c1-10(4-6-17-7-5-16-9-17)11-2-3-12(14)13(15)8-11/h2-3,5,7-9H,1,4,6H2. The number of hydrogen-bond donors (Lipinski definition) is 0. The molecule has 0 saturated heterocycles. The van der Waals surface area contributed by atoms with Crippen LogP contribution in [0.25, 0.3) is 5.57 Å². The first-order valence-corrected chi connectivity index (χ1v) is 6.01. The van der Waals surface area contributed by atoms with Gasteiger partial charge in [-0.3, -0.25) is 0 Å². The van der Waals surface area contributed by atoms with Crippen molar-refractivity contribution >= 4 is 28.8 Å². The summed E-state index contributed by atoms with van der Waals surface area (Å²) in [5.41, 5.74) is 2.07. The molecule has 1 aromatic carbocycles. The van der Waals surface area contributed by atoms with E-state index in [9.17, 15) is 0 Å². The first-order chi connectivity index (χ1) is 8.16.